The number of rotatable bonds is 4. The van der Waals surface area contributed by atoms with Crippen molar-refractivity contribution in [1.29, 1.82) is 0 Å². The first kappa shape index (κ1) is 31.7. The quantitative estimate of drug-likeness (QED) is 0.169. The van der Waals surface area contributed by atoms with Gasteiger partial charge in [0.15, 0.2) is 5.58 Å². The van der Waals surface area contributed by atoms with Gasteiger partial charge in [-0.2, -0.15) is 0 Å². The highest BCUT2D eigenvalue weighted by atomic mass is 16.3. The lowest BCUT2D eigenvalue weighted by atomic mass is 9.82. The van der Waals surface area contributed by atoms with Crippen LogP contribution < -0.4 is 4.90 Å². The molecule has 0 N–H and O–H groups in total. The molecule has 12 rings (SSSR count). The predicted octanol–water partition coefficient (Wildman–Crippen LogP) is 15.1. The molecule has 0 aliphatic heterocycles. The van der Waals surface area contributed by atoms with E-state index in [0.717, 1.165) is 39.4 Å². The fourth-order valence-electron chi connectivity index (χ4n) is 10.5. The zero-order valence-electron chi connectivity index (χ0n) is 31.9. The van der Waals surface area contributed by atoms with E-state index in [4.69, 9.17) is 4.42 Å². The molecule has 0 bridgehead atoms. The highest BCUT2D eigenvalue weighted by Gasteiger charge is 2.38. The van der Waals surface area contributed by atoms with Gasteiger partial charge in [0.05, 0.1) is 5.69 Å². The van der Waals surface area contributed by atoms with Crippen molar-refractivity contribution in [3.05, 3.63) is 186 Å². The van der Waals surface area contributed by atoms with Gasteiger partial charge in [0.1, 0.15) is 5.58 Å². The Balaban J connectivity index is 1.17. The molecule has 0 fully saturated rings. The Morgan fingerprint density at radius 3 is 1.43 bits per heavy atom. The lowest BCUT2D eigenvalue weighted by Crippen LogP contribution is -2.18. The van der Waals surface area contributed by atoms with Gasteiger partial charge in [-0.05, 0) is 108 Å². The summed E-state index contributed by atoms with van der Waals surface area (Å²) in [6.45, 7) is 9.46. The highest BCUT2D eigenvalue weighted by molar-refractivity contribution is 6.35. The van der Waals surface area contributed by atoms with E-state index >= 15 is 0 Å². The van der Waals surface area contributed by atoms with Gasteiger partial charge in [0, 0.05) is 38.5 Å². The number of furan rings is 1. The third-order valence-corrected chi connectivity index (χ3v) is 13.2. The molecule has 0 unspecified atom stereocenters. The van der Waals surface area contributed by atoms with Gasteiger partial charge in [0.2, 0.25) is 0 Å². The smallest absolute Gasteiger partial charge is 0.160 e. The van der Waals surface area contributed by atoms with Gasteiger partial charge in [0.25, 0.3) is 0 Å². The largest absolute Gasteiger partial charge is 0.453 e. The Hall–Kier alpha value is -6.64. The molecule has 2 aliphatic rings. The normalized spacial score (nSPS) is 14.7. The van der Waals surface area contributed by atoms with Crippen LogP contribution in [0.1, 0.15) is 49.9 Å². The van der Waals surface area contributed by atoms with Crippen LogP contribution in [0.15, 0.2) is 168 Å². The van der Waals surface area contributed by atoms with E-state index in [1.54, 1.807) is 0 Å². The van der Waals surface area contributed by atoms with Crippen molar-refractivity contribution in [1.82, 2.24) is 0 Å². The zero-order chi connectivity index (χ0) is 37.5. The summed E-state index contributed by atoms with van der Waals surface area (Å²) in [5, 5.41) is 7.29. The highest BCUT2D eigenvalue weighted by Crippen LogP contribution is 2.55. The van der Waals surface area contributed by atoms with Crippen molar-refractivity contribution in [3.63, 3.8) is 0 Å². The van der Waals surface area contributed by atoms with Crippen LogP contribution in [0.4, 0.5) is 17.1 Å². The monoisotopic (exact) mass is 717 g/mol. The van der Waals surface area contributed by atoms with Gasteiger partial charge in [-0.3, -0.25) is 0 Å². The van der Waals surface area contributed by atoms with Crippen molar-refractivity contribution in [2.75, 3.05) is 4.90 Å². The second-order valence-electron chi connectivity index (χ2n) is 16.9. The Morgan fingerprint density at radius 1 is 0.375 bits per heavy atom. The zero-order valence-corrected chi connectivity index (χ0v) is 31.9. The van der Waals surface area contributed by atoms with E-state index in [1.807, 2.05) is 0 Å². The first-order valence-corrected chi connectivity index (χ1v) is 19.8. The number of fused-ring (bicyclic) bond motifs is 9. The van der Waals surface area contributed by atoms with Gasteiger partial charge in [-0.15, -0.1) is 0 Å². The minimum Gasteiger partial charge on any atom is -0.453 e. The van der Waals surface area contributed by atoms with Crippen LogP contribution in [-0.4, -0.2) is 0 Å². The van der Waals surface area contributed by atoms with E-state index in [1.165, 1.54) is 76.8 Å². The van der Waals surface area contributed by atoms with Crippen LogP contribution in [0.2, 0.25) is 0 Å². The van der Waals surface area contributed by atoms with Gasteiger partial charge >= 0.3 is 0 Å². The molecule has 2 heteroatoms. The average Bonchev–Trinajstić information content (AvgIpc) is 3.82. The molecule has 0 saturated heterocycles. The summed E-state index contributed by atoms with van der Waals surface area (Å²) in [5.41, 5.74) is 17.8. The van der Waals surface area contributed by atoms with Crippen molar-refractivity contribution in [2.45, 2.75) is 38.5 Å². The lowest BCUT2D eigenvalue weighted by Gasteiger charge is -2.30. The predicted molar refractivity (Wildman–Crippen MR) is 235 cm³/mol. The molecule has 0 amide bonds. The summed E-state index contributed by atoms with van der Waals surface area (Å²) in [6, 6.07) is 60.6. The summed E-state index contributed by atoms with van der Waals surface area (Å²) >= 11 is 0. The van der Waals surface area contributed by atoms with Crippen molar-refractivity contribution in [3.8, 4) is 33.4 Å². The minimum absolute atomic E-state index is 0.141. The molecule has 9 aromatic carbocycles. The van der Waals surface area contributed by atoms with E-state index < -0.39 is 0 Å². The van der Waals surface area contributed by atoms with Crippen LogP contribution >= 0.6 is 0 Å². The summed E-state index contributed by atoms with van der Waals surface area (Å²) in [5.74, 6) is 0. The number of nitrogens with zero attached hydrogens (tertiary/aromatic N) is 1. The molecule has 0 spiro atoms. The maximum atomic E-state index is 7.35. The van der Waals surface area contributed by atoms with E-state index in [2.05, 4.69) is 196 Å². The fourth-order valence-corrected chi connectivity index (χ4v) is 10.5. The van der Waals surface area contributed by atoms with Crippen molar-refractivity contribution < 1.29 is 4.42 Å². The van der Waals surface area contributed by atoms with Crippen molar-refractivity contribution in [2.24, 2.45) is 0 Å². The van der Waals surface area contributed by atoms with Crippen molar-refractivity contribution >= 4 is 60.5 Å². The third-order valence-electron chi connectivity index (χ3n) is 13.2. The topological polar surface area (TPSA) is 16.4 Å². The molecular weight excluding hydrogens is 679 g/mol. The Kier molecular flexibility index (Phi) is 6.22. The molecule has 0 atom stereocenters. The SMILES string of the molecule is CC1(C)c2ccccc2-c2ccc(N(c3ccc4c(c3)C(C)(C)c3ccccc3-4)c3ccc4c5ccccc5c5ccc(-c6ccccc6)c6oc3c4c65)cc21. The Bertz CT molecular complexity index is 3150. The molecule has 2 aliphatic carbocycles. The minimum atomic E-state index is -0.141. The van der Waals surface area contributed by atoms with E-state index in [9.17, 15) is 0 Å². The molecule has 1 aromatic heterocycles. The third kappa shape index (κ3) is 4.06. The first-order valence-electron chi connectivity index (χ1n) is 19.8. The molecule has 0 radical (unpaired) electrons. The molecular formula is C54H39NO. The number of benzene rings is 9. The van der Waals surface area contributed by atoms with E-state index in [0.29, 0.717) is 0 Å². The molecule has 1 heterocycles. The van der Waals surface area contributed by atoms with Crippen LogP contribution in [0, 0.1) is 0 Å². The molecule has 266 valence electrons. The maximum Gasteiger partial charge on any atom is 0.160 e. The van der Waals surface area contributed by atoms with Crippen LogP contribution in [0.25, 0.3) is 76.9 Å². The Morgan fingerprint density at radius 2 is 0.839 bits per heavy atom. The fraction of sp³-hybridized carbons (Fsp3) is 0.111. The second kappa shape index (κ2) is 11.0. The summed E-state index contributed by atoms with van der Waals surface area (Å²) in [6.07, 6.45) is 0. The summed E-state index contributed by atoms with van der Waals surface area (Å²) in [4.78, 5) is 2.46. The van der Waals surface area contributed by atoms with Gasteiger partial charge in [-0.1, -0.05) is 155 Å². The van der Waals surface area contributed by atoms with Gasteiger partial charge in [-0.25, -0.2) is 0 Å². The number of hydrogen-bond donors (Lipinski definition) is 0. The van der Waals surface area contributed by atoms with Crippen LogP contribution in [0.5, 0.6) is 0 Å². The summed E-state index contributed by atoms with van der Waals surface area (Å²) in [7, 11) is 0. The molecule has 10 aromatic rings. The molecule has 0 saturated carbocycles. The lowest BCUT2D eigenvalue weighted by molar-refractivity contribution is 0.659. The first-order chi connectivity index (χ1) is 27.3. The average molecular weight is 718 g/mol. The second-order valence-corrected chi connectivity index (χ2v) is 16.9. The molecule has 2 nitrogen and oxygen atoms in total. The van der Waals surface area contributed by atoms with Gasteiger partial charge < -0.3 is 9.32 Å². The standard InChI is InChI=1S/C54H39NO/c1-53(2)44-20-12-10-18-38(44)40-24-22-33(30-46(40)53)55(34-23-25-41-39-19-11-13-21-45(39)54(3,4)47(41)31-34)48-29-28-43-37-17-9-8-16-36(37)42-27-26-35(32-14-6-5-7-15-32)51-49(42)50(43)52(48)56-51/h5-31H,1-4H3. The number of anilines is 3. The van der Waals surface area contributed by atoms with Crippen LogP contribution in [0.3, 0.4) is 0 Å². The molecule has 56 heavy (non-hydrogen) atoms. The maximum absolute atomic E-state index is 7.35. The summed E-state index contributed by atoms with van der Waals surface area (Å²) < 4.78 is 7.35. The Labute approximate surface area is 326 Å². The van der Waals surface area contributed by atoms with Crippen LogP contribution in [-0.2, 0) is 10.8 Å². The van der Waals surface area contributed by atoms with E-state index in [-0.39, 0.29) is 10.8 Å². The number of hydrogen-bond acceptors (Lipinski definition) is 2.